The van der Waals surface area contributed by atoms with Gasteiger partial charge in [0.25, 0.3) is 5.91 Å². The van der Waals surface area contributed by atoms with Crippen LogP contribution in [0, 0.1) is 0 Å². The van der Waals surface area contributed by atoms with Crippen molar-refractivity contribution < 1.29 is 9.53 Å². The smallest absolute Gasteiger partial charge is 0.254 e. The van der Waals surface area contributed by atoms with Crippen molar-refractivity contribution in [2.75, 3.05) is 46.4 Å². The van der Waals surface area contributed by atoms with Crippen molar-refractivity contribution in [2.24, 2.45) is 0 Å². The van der Waals surface area contributed by atoms with Gasteiger partial charge >= 0.3 is 0 Å². The SMILES string of the molecule is COC1(C(=O)N2CCN(Cc3csc(C(C)(C)C)n3)CC2)CCNCC1.Cl.Cl. The first-order valence-corrected chi connectivity index (χ1v) is 10.4. The number of ether oxygens (including phenoxy) is 1. The number of halogens is 2. The van der Waals surface area contributed by atoms with Gasteiger partial charge in [-0.05, 0) is 25.9 Å². The molecule has 3 rings (SSSR count). The van der Waals surface area contributed by atoms with Crippen LogP contribution in [-0.4, -0.2) is 72.7 Å². The number of hydrogen-bond acceptors (Lipinski definition) is 6. The summed E-state index contributed by atoms with van der Waals surface area (Å²) in [6, 6.07) is 0. The number of carbonyl (C=O) groups excluding carboxylic acids is 1. The number of piperidine rings is 1. The Morgan fingerprint density at radius 1 is 1.21 bits per heavy atom. The second-order valence-corrected chi connectivity index (χ2v) is 9.27. The number of piperazine rings is 1. The molecule has 6 nitrogen and oxygen atoms in total. The number of aromatic nitrogens is 1. The largest absolute Gasteiger partial charge is 0.368 e. The van der Waals surface area contributed by atoms with Crippen LogP contribution in [0.3, 0.4) is 0 Å². The van der Waals surface area contributed by atoms with Crippen LogP contribution < -0.4 is 5.32 Å². The molecule has 9 heteroatoms. The van der Waals surface area contributed by atoms with E-state index in [4.69, 9.17) is 9.72 Å². The minimum Gasteiger partial charge on any atom is -0.368 e. The molecular formula is C19H34Cl2N4O2S. The molecule has 0 atom stereocenters. The van der Waals surface area contributed by atoms with Crippen molar-refractivity contribution in [3.05, 3.63) is 16.1 Å². The van der Waals surface area contributed by atoms with Crippen molar-refractivity contribution in [3.63, 3.8) is 0 Å². The zero-order valence-electron chi connectivity index (χ0n) is 17.3. The molecule has 1 N–H and O–H groups in total. The van der Waals surface area contributed by atoms with Crippen molar-refractivity contribution in [3.8, 4) is 0 Å². The molecule has 2 aliphatic heterocycles. The average molecular weight is 453 g/mol. The van der Waals surface area contributed by atoms with Gasteiger partial charge in [-0.3, -0.25) is 9.69 Å². The number of nitrogens with one attached hydrogen (secondary N) is 1. The predicted molar refractivity (Wildman–Crippen MR) is 119 cm³/mol. The Balaban J connectivity index is 0.00000196. The van der Waals surface area contributed by atoms with Gasteiger partial charge in [0.05, 0.1) is 10.7 Å². The lowest BCUT2D eigenvalue weighted by Gasteiger charge is -2.42. The van der Waals surface area contributed by atoms with Crippen LogP contribution in [0.5, 0.6) is 0 Å². The van der Waals surface area contributed by atoms with Crippen molar-refractivity contribution in [1.29, 1.82) is 0 Å². The third-order valence-corrected chi connectivity index (χ3v) is 6.75. The standard InChI is InChI=1S/C19H32N4O2S.2ClH/c1-18(2,3)16-21-15(14-26-16)13-22-9-11-23(12-10-22)17(24)19(25-4)5-7-20-8-6-19;;/h14,20H,5-13H2,1-4H3;2*1H. The normalized spacial score (nSPS) is 20.2. The van der Waals surface area contributed by atoms with Gasteiger partial charge in [0.2, 0.25) is 0 Å². The highest BCUT2D eigenvalue weighted by Gasteiger charge is 2.43. The summed E-state index contributed by atoms with van der Waals surface area (Å²) in [5.41, 5.74) is 0.632. The Hall–Kier alpha value is -0.440. The Labute approximate surface area is 185 Å². The number of thiazole rings is 1. The number of hydrogen-bond donors (Lipinski definition) is 1. The molecule has 1 aromatic heterocycles. The van der Waals surface area contributed by atoms with E-state index in [1.165, 1.54) is 5.01 Å². The maximum absolute atomic E-state index is 13.0. The van der Waals surface area contributed by atoms with Gasteiger partial charge in [-0.2, -0.15) is 0 Å². The van der Waals surface area contributed by atoms with Crippen LogP contribution in [0.1, 0.15) is 44.3 Å². The lowest BCUT2D eigenvalue weighted by Crippen LogP contribution is -2.59. The third kappa shape index (κ3) is 5.80. The van der Waals surface area contributed by atoms with E-state index in [2.05, 4.69) is 36.4 Å². The zero-order valence-corrected chi connectivity index (χ0v) is 19.8. The van der Waals surface area contributed by atoms with Gasteiger partial charge in [0.1, 0.15) is 5.60 Å². The van der Waals surface area contributed by atoms with E-state index in [1.54, 1.807) is 18.4 Å². The molecule has 0 saturated carbocycles. The fraction of sp³-hybridized carbons (Fsp3) is 0.789. The fourth-order valence-corrected chi connectivity index (χ4v) is 4.58. The molecule has 2 fully saturated rings. The highest BCUT2D eigenvalue weighted by Crippen LogP contribution is 2.27. The Morgan fingerprint density at radius 2 is 1.82 bits per heavy atom. The Morgan fingerprint density at radius 3 is 2.32 bits per heavy atom. The minimum atomic E-state index is -0.621. The summed E-state index contributed by atoms with van der Waals surface area (Å²) in [4.78, 5) is 22.2. The summed E-state index contributed by atoms with van der Waals surface area (Å²) >= 11 is 1.75. The van der Waals surface area contributed by atoms with E-state index in [0.717, 1.165) is 64.3 Å². The first kappa shape index (κ1) is 25.6. The van der Waals surface area contributed by atoms with E-state index >= 15 is 0 Å². The minimum absolute atomic E-state index is 0. The first-order valence-electron chi connectivity index (χ1n) is 9.56. The molecule has 0 spiro atoms. The molecule has 1 aromatic rings. The molecule has 3 heterocycles. The van der Waals surface area contributed by atoms with Crippen LogP contribution in [0.4, 0.5) is 0 Å². The van der Waals surface area contributed by atoms with Gasteiger partial charge in [0, 0.05) is 50.6 Å². The number of rotatable bonds is 4. The van der Waals surface area contributed by atoms with Gasteiger partial charge in [-0.25, -0.2) is 4.98 Å². The number of nitrogens with zero attached hydrogens (tertiary/aromatic N) is 3. The van der Waals surface area contributed by atoms with Crippen LogP contribution in [0.2, 0.25) is 0 Å². The summed E-state index contributed by atoms with van der Waals surface area (Å²) in [6.45, 7) is 12.5. The van der Waals surface area contributed by atoms with E-state index < -0.39 is 5.60 Å². The highest BCUT2D eigenvalue weighted by atomic mass is 35.5. The summed E-state index contributed by atoms with van der Waals surface area (Å²) in [5, 5.41) is 6.68. The lowest BCUT2D eigenvalue weighted by atomic mass is 9.90. The first-order chi connectivity index (χ1) is 12.3. The average Bonchev–Trinajstić information content (AvgIpc) is 3.11. The number of carbonyl (C=O) groups is 1. The fourth-order valence-electron chi connectivity index (χ4n) is 3.69. The van der Waals surface area contributed by atoms with Crippen LogP contribution in [0.15, 0.2) is 5.38 Å². The quantitative estimate of drug-likeness (QED) is 0.760. The monoisotopic (exact) mass is 452 g/mol. The predicted octanol–water partition coefficient (Wildman–Crippen LogP) is 2.70. The van der Waals surface area contributed by atoms with E-state index in [-0.39, 0.29) is 36.1 Å². The topological polar surface area (TPSA) is 57.7 Å². The Bertz CT molecular complexity index is 622. The van der Waals surface area contributed by atoms with Crippen molar-refractivity contribution in [2.45, 2.75) is 51.2 Å². The van der Waals surface area contributed by atoms with Crippen LogP contribution >= 0.6 is 36.2 Å². The lowest BCUT2D eigenvalue weighted by molar-refractivity contribution is -0.160. The molecule has 2 saturated heterocycles. The van der Waals surface area contributed by atoms with Crippen molar-refractivity contribution in [1.82, 2.24) is 20.1 Å². The van der Waals surface area contributed by atoms with E-state index in [1.807, 2.05) is 4.90 Å². The van der Waals surface area contributed by atoms with Gasteiger partial charge < -0.3 is 15.0 Å². The second-order valence-electron chi connectivity index (χ2n) is 8.41. The third-order valence-electron chi connectivity index (χ3n) is 5.43. The zero-order chi connectivity index (χ0) is 18.8. The number of methoxy groups -OCH3 is 1. The summed E-state index contributed by atoms with van der Waals surface area (Å²) in [7, 11) is 1.68. The van der Waals surface area contributed by atoms with E-state index in [0.29, 0.717) is 0 Å². The molecule has 0 aliphatic carbocycles. The highest BCUT2D eigenvalue weighted by molar-refractivity contribution is 7.09. The van der Waals surface area contributed by atoms with Crippen LogP contribution in [-0.2, 0) is 21.5 Å². The molecule has 0 radical (unpaired) electrons. The maximum atomic E-state index is 13.0. The Kier molecular flexibility index (Phi) is 9.64. The molecule has 0 aromatic carbocycles. The van der Waals surface area contributed by atoms with E-state index in [9.17, 15) is 4.79 Å². The summed E-state index contributed by atoms with van der Waals surface area (Å²) in [6.07, 6.45) is 1.52. The molecule has 162 valence electrons. The number of amides is 1. The molecule has 28 heavy (non-hydrogen) atoms. The van der Waals surface area contributed by atoms with Gasteiger partial charge in [-0.15, -0.1) is 36.2 Å². The van der Waals surface area contributed by atoms with Crippen molar-refractivity contribution >= 4 is 42.1 Å². The maximum Gasteiger partial charge on any atom is 0.254 e. The second kappa shape index (κ2) is 10.5. The van der Waals surface area contributed by atoms with Crippen LogP contribution in [0.25, 0.3) is 0 Å². The molecular weight excluding hydrogens is 419 g/mol. The summed E-state index contributed by atoms with van der Waals surface area (Å²) in [5.74, 6) is 0.171. The van der Waals surface area contributed by atoms with Gasteiger partial charge in [0.15, 0.2) is 0 Å². The summed E-state index contributed by atoms with van der Waals surface area (Å²) < 4.78 is 5.70. The molecule has 1 amide bonds. The molecule has 2 aliphatic rings. The molecule has 0 bridgehead atoms. The molecule has 0 unspecified atom stereocenters. The van der Waals surface area contributed by atoms with Gasteiger partial charge in [-0.1, -0.05) is 20.8 Å².